The van der Waals surface area contributed by atoms with Crippen molar-refractivity contribution in [2.75, 3.05) is 18.1 Å². The van der Waals surface area contributed by atoms with Crippen molar-refractivity contribution < 1.29 is 4.79 Å². The van der Waals surface area contributed by atoms with E-state index < -0.39 is 0 Å². The maximum absolute atomic E-state index is 13.1. The summed E-state index contributed by atoms with van der Waals surface area (Å²) in [5.74, 6) is 1.04. The van der Waals surface area contributed by atoms with Crippen molar-refractivity contribution in [3.8, 4) is 5.69 Å². The number of nitrogens with one attached hydrogen (secondary N) is 1. The van der Waals surface area contributed by atoms with Crippen LogP contribution in [-0.2, 0) is 17.6 Å². The van der Waals surface area contributed by atoms with E-state index in [1.165, 1.54) is 17.3 Å². The lowest BCUT2D eigenvalue weighted by Gasteiger charge is -2.14. The van der Waals surface area contributed by atoms with Crippen LogP contribution in [0.25, 0.3) is 5.69 Å². The van der Waals surface area contributed by atoms with E-state index in [9.17, 15) is 9.59 Å². The summed E-state index contributed by atoms with van der Waals surface area (Å²) in [7, 11) is 0. The number of aromatic nitrogens is 2. The first-order valence-corrected chi connectivity index (χ1v) is 11.9. The van der Waals surface area contributed by atoms with E-state index in [2.05, 4.69) is 5.32 Å². The standard InChI is InChI=1S/C23H23N3O2S2/c1-16-7-9-18(10-8-16)26-22(28)21-19(12-14-29-21)25-23(26)30-15-20(27)24-13-11-17-5-3-2-4-6-17/h2-10H,11-15H2,1H3,(H,24,27). The number of fused-ring (bicyclic) bond motifs is 1. The van der Waals surface area contributed by atoms with Crippen molar-refractivity contribution in [1.82, 2.24) is 14.9 Å². The Balaban J connectivity index is 1.48. The zero-order chi connectivity index (χ0) is 20.9. The highest BCUT2D eigenvalue weighted by Gasteiger charge is 2.23. The van der Waals surface area contributed by atoms with Gasteiger partial charge in [-0.25, -0.2) is 4.98 Å². The third-order valence-electron chi connectivity index (χ3n) is 4.87. The molecule has 0 spiro atoms. The van der Waals surface area contributed by atoms with E-state index >= 15 is 0 Å². The normalized spacial score (nSPS) is 12.6. The van der Waals surface area contributed by atoms with Gasteiger partial charge in [0.05, 0.1) is 22.0 Å². The first kappa shape index (κ1) is 20.8. The number of thioether (sulfide) groups is 2. The van der Waals surface area contributed by atoms with Crippen LogP contribution in [0.5, 0.6) is 0 Å². The van der Waals surface area contributed by atoms with Crippen molar-refractivity contribution >= 4 is 29.4 Å². The molecule has 0 aliphatic carbocycles. The highest BCUT2D eigenvalue weighted by atomic mass is 32.2. The monoisotopic (exact) mass is 437 g/mol. The highest BCUT2D eigenvalue weighted by molar-refractivity contribution is 8.00. The fourth-order valence-corrected chi connectivity index (χ4v) is 5.17. The van der Waals surface area contributed by atoms with E-state index in [4.69, 9.17) is 4.98 Å². The SMILES string of the molecule is Cc1ccc(-n2c(SCC(=O)NCCc3ccccc3)nc3c(c2=O)SCC3)cc1. The predicted octanol–water partition coefficient (Wildman–Crippen LogP) is 3.64. The van der Waals surface area contributed by atoms with Crippen LogP contribution in [0.3, 0.4) is 0 Å². The second kappa shape index (κ2) is 9.53. The molecule has 154 valence electrons. The molecular weight excluding hydrogens is 414 g/mol. The molecular formula is C23H23N3O2S2. The zero-order valence-electron chi connectivity index (χ0n) is 16.8. The minimum Gasteiger partial charge on any atom is -0.355 e. The minimum absolute atomic E-state index is 0.0432. The molecule has 1 aromatic heterocycles. The summed E-state index contributed by atoms with van der Waals surface area (Å²) in [6.45, 7) is 2.60. The topological polar surface area (TPSA) is 64.0 Å². The Morgan fingerprint density at radius 1 is 1.17 bits per heavy atom. The van der Waals surface area contributed by atoms with E-state index in [1.54, 1.807) is 16.3 Å². The average molecular weight is 438 g/mol. The Labute approximate surface area is 184 Å². The highest BCUT2D eigenvalue weighted by Crippen LogP contribution is 2.29. The van der Waals surface area contributed by atoms with Crippen LogP contribution < -0.4 is 10.9 Å². The number of hydrogen-bond acceptors (Lipinski definition) is 5. The maximum Gasteiger partial charge on any atom is 0.272 e. The molecule has 5 nitrogen and oxygen atoms in total. The fourth-order valence-electron chi connectivity index (χ4n) is 3.28. The first-order chi connectivity index (χ1) is 14.6. The summed E-state index contributed by atoms with van der Waals surface area (Å²) in [4.78, 5) is 31.0. The Hall–Kier alpha value is -2.51. The summed E-state index contributed by atoms with van der Waals surface area (Å²) in [6.07, 6.45) is 1.58. The molecule has 3 aromatic rings. The Morgan fingerprint density at radius 2 is 1.93 bits per heavy atom. The van der Waals surface area contributed by atoms with Crippen LogP contribution in [0.4, 0.5) is 0 Å². The van der Waals surface area contributed by atoms with Crippen LogP contribution >= 0.6 is 23.5 Å². The molecule has 1 aliphatic heterocycles. The molecule has 7 heteroatoms. The molecule has 0 unspecified atom stereocenters. The molecule has 0 bridgehead atoms. The lowest BCUT2D eigenvalue weighted by Crippen LogP contribution is -2.28. The van der Waals surface area contributed by atoms with E-state index in [0.717, 1.165) is 40.4 Å². The van der Waals surface area contributed by atoms with Gasteiger partial charge in [0.15, 0.2) is 5.16 Å². The van der Waals surface area contributed by atoms with Crippen LogP contribution in [0.15, 0.2) is 69.4 Å². The number of aryl methyl sites for hydroxylation is 2. The number of benzene rings is 2. The lowest BCUT2D eigenvalue weighted by molar-refractivity contribution is -0.118. The van der Waals surface area contributed by atoms with Gasteiger partial charge in [-0.3, -0.25) is 14.2 Å². The van der Waals surface area contributed by atoms with E-state index in [1.807, 2.05) is 61.5 Å². The van der Waals surface area contributed by atoms with Crippen LogP contribution in [0.1, 0.15) is 16.8 Å². The van der Waals surface area contributed by atoms with Gasteiger partial charge in [0, 0.05) is 18.7 Å². The summed E-state index contributed by atoms with van der Waals surface area (Å²) in [5, 5.41) is 3.53. The average Bonchev–Trinajstić information content (AvgIpc) is 3.23. The molecule has 0 atom stereocenters. The maximum atomic E-state index is 13.1. The van der Waals surface area contributed by atoms with Gasteiger partial charge in [-0.2, -0.15) is 0 Å². The van der Waals surface area contributed by atoms with Crippen molar-refractivity contribution in [2.45, 2.75) is 29.8 Å². The smallest absolute Gasteiger partial charge is 0.272 e. The molecule has 1 amide bonds. The first-order valence-electron chi connectivity index (χ1n) is 9.91. The van der Waals surface area contributed by atoms with Gasteiger partial charge in [-0.15, -0.1) is 11.8 Å². The Morgan fingerprint density at radius 3 is 2.70 bits per heavy atom. The van der Waals surface area contributed by atoms with Gasteiger partial charge in [0.25, 0.3) is 5.56 Å². The molecule has 4 rings (SSSR count). The lowest BCUT2D eigenvalue weighted by atomic mass is 10.1. The van der Waals surface area contributed by atoms with Gasteiger partial charge in [-0.1, -0.05) is 59.8 Å². The van der Waals surface area contributed by atoms with Crippen molar-refractivity contribution in [3.05, 3.63) is 81.8 Å². The Bertz CT molecular complexity index is 1100. The zero-order valence-corrected chi connectivity index (χ0v) is 18.4. The summed E-state index contributed by atoms with van der Waals surface area (Å²) in [6, 6.07) is 17.9. The molecule has 0 radical (unpaired) electrons. The number of hydrogen-bond donors (Lipinski definition) is 1. The molecule has 1 aliphatic rings. The second-order valence-corrected chi connectivity index (χ2v) is 9.17. The molecule has 0 fully saturated rings. The quantitative estimate of drug-likeness (QED) is 0.452. The van der Waals surface area contributed by atoms with Gasteiger partial charge in [-0.05, 0) is 31.0 Å². The summed E-state index contributed by atoms with van der Waals surface area (Å²) >= 11 is 2.88. The van der Waals surface area contributed by atoms with Gasteiger partial charge < -0.3 is 5.32 Å². The van der Waals surface area contributed by atoms with Gasteiger partial charge in [0.1, 0.15) is 0 Å². The second-order valence-electron chi connectivity index (χ2n) is 7.12. The molecule has 2 aromatic carbocycles. The van der Waals surface area contributed by atoms with Crippen LogP contribution in [0, 0.1) is 6.92 Å². The van der Waals surface area contributed by atoms with Crippen molar-refractivity contribution in [1.29, 1.82) is 0 Å². The van der Waals surface area contributed by atoms with Gasteiger partial charge in [0.2, 0.25) is 5.91 Å². The molecule has 1 N–H and O–H groups in total. The molecule has 0 saturated carbocycles. The fraction of sp³-hybridized carbons (Fsp3) is 0.261. The number of carbonyl (C=O) groups excluding carboxylic acids is 1. The number of carbonyl (C=O) groups is 1. The number of amides is 1. The third kappa shape index (κ3) is 4.79. The van der Waals surface area contributed by atoms with E-state index in [-0.39, 0.29) is 17.2 Å². The molecule has 2 heterocycles. The molecule has 0 saturated heterocycles. The van der Waals surface area contributed by atoms with Gasteiger partial charge >= 0.3 is 0 Å². The number of rotatable bonds is 7. The molecule has 30 heavy (non-hydrogen) atoms. The largest absolute Gasteiger partial charge is 0.355 e. The number of nitrogens with zero attached hydrogens (tertiary/aromatic N) is 2. The Kier molecular flexibility index (Phi) is 6.59. The van der Waals surface area contributed by atoms with Crippen LogP contribution in [-0.4, -0.2) is 33.5 Å². The van der Waals surface area contributed by atoms with E-state index in [0.29, 0.717) is 11.7 Å². The van der Waals surface area contributed by atoms with Crippen molar-refractivity contribution in [2.24, 2.45) is 0 Å². The summed E-state index contributed by atoms with van der Waals surface area (Å²) in [5.41, 5.74) is 3.90. The summed E-state index contributed by atoms with van der Waals surface area (Å²) < 4.78 is 1.64. The van der Waals surface area contributed by atoms with Crippen LogP contribution in [0.2, 0.25) is 0 Å². The minimum atomic E-state index is -0.0597. The third-order valence-corrected chi connectivity index (χ3v) is 6.92. The predicted molar refractivity (Wildman–Crippen MR) is 123 cm³/mol. The van der Waals surface area contributed by atoms with Crippen molar-refractivity contribution in [3.63, 3.8) is 0 Å².